The Hall–Kier alpha value is -2.54. The highest BCUT2D eigenvalue weighted by Gasteiger charge is 1.99. The molecule has 0 saturated heterocycles. The van der Waals surface area contributed by atoms with Crippen molar-refractivity contribution in [2.75, 3.05) is 5.73 Å². The van der Waals surface area contributed by atoms with Crippen molar-refractivity contribution >= 4 is 5.69 Å². The zero-order valence-corrected chi connectivity index (χ0v) is 9.89. The van der Waals surface area contributed by atoms with Crippen LogP contribution in [0, 0.1) is 0 Å². The quantitative estimate of drug-likeness (QED) is 0.664. The topological polar surface area (TPSA) is 26.0 Å². The molecule has 0 unspecified atom stereocenters. The standard InChI is InChI=1S/C18H15N/c19-18-12-10-17(11-13-18)16-8-6-15(7-9-16)14-4-2-1-3-5-14/h1-13H,19H2/i1D,2D,3D,4D,5D,6D,7D,8D,9D. The summed E-state index contributed by atoms with van der Waals surface area (Å²) in [5.41, 5.74) is 5.93. The highest BCUT2D eigenvalue weighted by Crippen LogP contribution is 2.25. The molecule has 0 amide bonds. The first-order valence-electron chi connectivity index (χ1n) is 10.1. The Morgan fingerprint density at radius 2 is 1.05 bits per heavy atom. The van der Waals surface area contributed by atoms with Gasteiger partial charge < -0.3 is 5.73 Å². The molecule has 0 radical (unpaired) electrons. The number of nitrogen functional groups attached to an aromatic ring is 1. The molecule has 0 heterocycles. The fraction of sp³-hybridized carbons (Fsp3) is 0. The van der Waals surface area contributed by atoms with Crippen molar-refractivity contribution in [2.45, 2.75) is 0 Å². The molecule has 0 aliphatic heterocycles. The van der Waals surface area contributed by atoms with E-state index in [0.29, 0.717) is 11.3 Å². The number of anilines is 1. The molecule has 92 valence electrons. The average molecular weight is 254 g/mol. The Morgan fingerprint density at radius 3 is 1.63 bits per heavy atom. The van der Waals surface area contributed by atoms with Crippen LogP contribution in [0.5, 0.6) is 0 Å². The van der Waals surface area contributed by atoms with Gasteiger partial charge in [0, 0.05) is 5.69 Å². The van der Waals surface area contributed by atoms with E-state index in [4.69, 9.17) is 18.1 Å². The van der Waals surface area contributed by atoms with Crippen molar-refractivity contribution in [1.29, 1.82) is 0 Å². The lowest BCUT2D eigenvalue weighted by molar-refractivity contribution is 1.59. The van der Waals surface area contributed by atoms with Gasteiger partial charge in [-0.15, -0.1) is 0 Å². The number of benzene rings is 3. The van der Waals surface area contributed by atoms with Gasteiger partial charge in [-0.2, -0.15) is 0 Å². The molecule has 0 saturated carbocycles. The zero-order valence-electron chi connectivity index (χ0n) is 18.9. The molecular formula is C18H15N. The SMILES string of the molecule is [2H]c1c([2H])c([2H])c(-c2c([2H])c([2H])c(-c3ccc(N)cc3)c([2H])c2[2H])c([2H])c1[2H]. The zero-order chi connectivity index (χ0) is 20.9. The van der Waals surface area contributed by atoms with Crippen LogP contribution in [0.25, 0.3) is 22.3 Å². The summed E-state index contributed by atoms with van der Waals surface area (Å²) in [6.45, 7) is 0. The lowest BCUT2D eigenvalue weighted by Crippen LogP contribution is -1.84. The van der Waals surface area contributed by atoms with Crippen molar-refractivity contribution in [2.24, 2.45) is 0 Å². The van der Waals surface area contributed by atoms with E-state index in [9.17, 15) is 0 Å². The second kappa shape index (κ2) is 4.99. The Morgan fingerprint density at radius 1 is 0.579 bits per heavy atom. The minimum Gasteiger partial charge on any atom is -0.399 e. The van der Waals surface area contributed by atoms with E-state index in [2.05, 4.69) is 0 Å². The van der Waals surface area contributed by atoms with Crippen LogP contribution in [0.1, 0.15) is 12.3 Å². The molecule has 0 aromatic heterocycles. The first-order valence-corrected chi connectivity index (χ1v) is 5.61. The predicted octanol–water partition coefficient (Wildman–Crippen LogP) is 4.60. The van der Waals surface area contributed by atoms with E-state index in [1.54, 1.807) is 24.3 Å². The molecule has 1 heteroatoms. The summed E-state index contributed by atoms with van der Waals surface area (Å²) >= 11 is 0. The van der Waals surface area contributed by atoms with E-state index in [0.717, 1.165) is 0 Å². The summed E-state index contributed by atoms with van der Waals surface area (Å²) in [5.74, 6) is 0. The maximum absolute atomic E-state index is 8.34. The highest BCUT2D eigenvalue weighted by molar-refractivity contribution is 5.71. The van der Waals surface area contributed by atoms with Gasteiger partial charge in [-0.3, -0.25) is 0 Å². The van der Waals surface area contributed by atoms with Gasteiger partial charge in [-0.05, 0) is 34.4 Å². The third-order valence-corrected chi connectivity index (χ3v) is 2.57. The van der Waals surface area contributed by atoms with Crippen LogP contribution in [0.15, 0.2) is 78.6 Å². The maximum Gasteiger partial charge on any atom is 0.0629 e. The Labute approximate surface area is 126 Å². The molecule has 1 nitrogen and oxygen atoms in total. The van der Waals surface area contributed by atoms with Crippen LogP contribution < -0.4 is 5.73 Å². The van der Waals surface area contributed by atoms with Crippen LogP contribution in [0.3, 0.4) is 0 Å². The molecule has 19 heavy (non-hydrogen) atoms. The van der Waals surface area contributed by atoms with Crippen molar-refractivity contribution in [3.05, 3.63) is 78.6 Å². The van der Waals surface area contributed by atoms with E-state index >= 15 is 0 Å². The Bertz CT molecular complexity index is 1050. The summed E-state index contributed by atoms with van der Waals surface area (Å²) in [5, 5.41) is 0. The van der Waals surface area contributed by atoms with Crippen molar-refractivity contribution in [1.82, 2.24) is 0 Å². The van der Waals surface area contributed by atoms with Gasteiger partial charge >= 0.3 is 0 Å². The van der Waals surface area contributed by atoms with Crippen LogP contribution in [-0.4, -0.2) is 0 Å². The number of hydrogen-bond donors (Lipinski definition) is 1. The van der Waals surface area contributed by atoms with Gasteiger partial charge in [0.05, 0.1) is 12.3 Å². The molecule has 0 bridgehead atoms. The summed E-state index contributed by atoms with van der Waals surface area (Å²) in [4.78, 5) is 0. The molecular weight excluding hydrogens is 230 g/mol. The predicted molar refractivity (Wildman–Crippen MR) is 81.7 cm³/mol. The van der Waals surface area contributed by atoms with Gasteiger partial charge in [0.25, 0.3) is 0 Å². The van der Waals surface area contributed by atoms with Gasteiger partial charge in [0.1, 0.15) is 0 Å². The summed E-state index contributed by atoms with van der Waals surface area (Å²) in [7, 11) is 0. The molecule has 0 fully saturated rings. The third kappa shape index (κ3) is 2.50. The second-order valence-corrected chi connectivity index (χ2v) is 3.87. The van der Waals surface area contributed by atoms with E-state index < -0.39 is 42.3 Å². The van der Waals surface area contributed by atoms with E-state index in [1.165, 1.54) is 0 Å². The fourth-order valence-corrected chi connectivity index (χ4v) is 1.61. The molecule has 3 rings (SSSR count). The lowest BCUT2D eigenvalue weighted by Gasteiger charge is -2.05. The minimum absolute atomic E-state index is 0.0473. The maximum atomic E-state index is 8.34. The van der Waals surface area contributed by atoms with Crippen molar-refractivity contribution < 1.29 is 12.3 Å². The summed E-state index contributed by atoms with van der Waals surface area (Å²) in [6.07, 6.45) is 0. The molecule has 0 aliphatic rings. The summed E-state index contributed by atoms with van der Waals surface area (Å²) < 4.78 is 72.8. The molecule has 3 aromatic carbocycles. The van der Waals surface area contributed by atoms with Crippen molar-refractivity contribution in [3.8, 4) is 22.3 Å². The van der Waals surface area contributed by atoms with Crippen molar-refractivity contribution in [3.63, 3.8) is 0 Å². The molecule has 0 aliphatic carbocycles. The number of hydrogen-bond acceptors (Lipinski definition) is 1. The molecule has 2 N–H and O–H groups in total. The largest absolute Gasteiger partial charge is 0.399 e. The van der Waals surface area contributed by atoms with E-state index in [-0.39, 0.29) is 28.8 Å². The third-order valence-electron chi connectivity index (χ3n) is 2.57. The van der Waals surface area contributed by atoms with Gasteiger partial charge in [-0.25, -0.2) is 0 Å². The Balaban J connectivity index is 2.40. The van der Waals surface area contributed by atoms with Gasteiger partial charge in [0.15, 0.2) is 0 Å². The monoisotopic (exact) mass is 254 g/mol. The molecule has 0 spiro atoms. The average Bonchev–Trinajstić information content (AvgIpc) is 2.67. The lowest BCUT2D eigenvalue weighted by atomic mass is 10.0. The summed E-state index contributed by atoms with van der Waals surface area (Å²) in [6, 6.07) is 1.65. The normalized spacial score (nSPS) is 16.9. The Kier molecular flexibility index (Phi) is 1.37. The van der Waals surface area contributed by atoms with Crippen LogP contribution in [0.2, 0.25) is 0 Å². The number of nitrogens with two attached hydrogens (primary N) is 1. The smallest absolute Gasteiger partial charge is 0.0629 e. The van der Waals surface area contributed by atoms with Crippen LogP contribution >= 0.6 is 0 Å². The minimum atomic E-state index is -0.601. The van der Waals surface area contributed by atoms with Crippen LogP contribution in [-0.2, 0) is 0 Å². The first-order chi connectivity index (χ1) is 13.1. The molecule has 3 aromatic rings. The van der Waals surface area contributed by atoms with Gasteiger partial charge in [-0.1, -0.05) is 66.5 Å². The first kappa shape index (κ1) is 5.22. The molecule has 0 atom stereocenters. The second-order valence-electron chi connectivity index (χ2n) is 3.87. The highest BCUT2D eigenvalue weighted by atomic mass is 14.5. The van der Waals surface area contributed by atoms with E-state index in [1.807, 2.05) is 0 Å². The van der Waals surface area contributed by atoms with Gasteiger partial charge in [0.2, 0.25) is 0 Å². The van der Waals surface area contributed by atoms with Crippen LogP contribution in [0.4, 0.5) is 5.69 Å². The fourth-order valence-electron chi connectivity index (χ4n) is 1.61. The number of rotatable bonds is 2.